The molecule has 8 heteroatoms. The van der Waals surface area contributed by atoms with E-state index in [2.05, 4.69) is 31.5 Å². The van der Waals surface area contributed by atoms with E-state index in [4.69, 9.17) is 23.2 Å². The van der Waals surface area contributed by atoms with Crippen molar-refractivity contribution in [3.63, 3.8) is 0 Å². The van der Waals surface area contributed by atoms with Crippen LogP contribution in [0.4, 0.5) is 4.39 Å². The van der Waals surface area contributed by atoms with Crippen molar-refractivity contribution in [3.05, 3.63) is 33.3 Å². The highest BCUT2D eigenvalue weighted by Gasteiger charge is 2.18. The molecule has 17 heavy (non-hydrogen) atoms. The summed E-state index contributed by atoms with van der Waals surface area (Å²) in [7, 11) is 0. The van der Waals surface area contributed by atoms with Crippen LogP contribution < -0.4 is 0 Å². The largest absolute Gasteiger partial charge is 0.207 e. The van der Waals surface area contributed by atoms with Crippen molar-refractivity contribution in [1.82, 2.24) is 20.2 Å². The molecular formula is C9H6BrCl2FN4. The molecule has 1 unspecified atom stereocenters. The highest BCUT2D eigenvalue weighted by atomic mass is 79.9. The lowest BCUT2D eigenvalue weighted by Crippen LogP contribution is -2.05. The number of nitrogens with zero attached hydrogens (tertiary/aromatic N) is 4. The average molecular weight is 340 g/mol. The van der Waals surface area contributed by atoms with Crippen LogP contribution in [-0.2, 0) is 0 Å². The Balaban J connectivity index is 2.64. The topological polar surface area (TPSA) is 43.6 Å². The summed E-state index contributed by atoms with van der Waals surface area (Å²) in [6, 6.07) is 2.47. The van der Waals surface area contributed by atoms with Gasteiger partial charge >= 0.3 is 0 Å². The van der Waals surface area contributed by atoms with Crippen LogP contribution >= 0.6 is 39.1 Å². The van der Waals surface area contributed by atoms with Crippen LogP contribution in [0, 0.1) is 5.82 Å². The van der Waals surface area contributed by atoms with E-state index in [0.29, 0.717) is 16.0 Å². The van der Waals surface area contributed by atoms with Gasteiger partial charge in [-0.25, -0.2) is 4.39 Å². The van der Waals surface area contributed by atoms with Gasteiger partial charge in [0.05, 0.1) is 10.4 Å². The van der Waals surface area contributed by atoms with Gasteiger partial charge in [-0.3, -0.25) is 0 Å². The lowest BCUT2D eigenvalue weighted by Gasteiger charge is -2.09. The number of halogens is 4. The minimum Gasteiger partial charge on any atom is -0.207 e. The zero-order valence-electron chi connectivity index (χ0n) is 8.53. The SMILES string of the molecule is CC(Cl)c1nnnn1-c1c(Cl)cc(F)cc1Br. The second-order valence-corrected chi connectivity index (χ2v) is 5.20. The number of rotatable bonds is 2. The first kappa shape index (κ1) is 12.7. The number of hydrogen-bond acceptors (Lipinski definition) is 3. The molecule has 1 aromatic heterocycles. The third-order valence-electron chi connectivity index (χ3n) is 2.04. The van der Waals surface area contributed by atoms with Crippen LogP contribution in [0.15, 0.2) is 16.6 Å². The van der Waals surface area contributed by atoms with Gasteiger partial charge in [0.15, 0.2) is 5.82 Å². The van der Waals surface area contributed by atoms with Gasteiger partial charge in [0.2, 0.25) is 0 Å². The zero-order chi connectivity index (χ0) is 12.6. The third-order valence-corrected chi connectivity index (χ3v) is 3.13. The standard InChI is InChI=1S/C9H6BrCl2FN4/c1-4(11)9-14-15-16-17(9)8-6(10)2-5(13)3-7(8)12/h2-4H,1H3. The van der Waals surface area contributed by atoms with E-state index >= 15 is 0 Å². The summed E-state index contributed by atoms with van der Waals surface area (Å²) in [6.45, 7) is 1.73. The molecule has 2 aromatic rings. The number of alkyl halides is 1. The third kappa shape index (κ3) is 2.43. The van der Waals surface area contributed by atoms with Crippen molar-refractivity contribution in [2.75, 3.05) is 0 Å². The van der Waals surface area contributed by atoms with Crippen LogP contribution in [0.5, 0.6) is 0 Å². The summed E-state index contributed by atoms with van der Waals surface area (Å²) in [5, 5.41) is 10.9. The molecular weight excluding hydrogens is 334 g/mol. The molecule has 0 amide bonds. The van der Waals surface area contributed by atoms with Crippen molar-refractivity contribution in [2.24, 2.45) is 0 Å². The predicted octanol–water partition coefficient (Wildman–Crippen LogP) is 3.52. The Morgan fingerprint density at radius 1 is 1.47 bits per heavy atom. The first-order valence-electron chi connectivity index (χ1n) is 4.58. The zero-order valence-corrected chi connectivity index (χ0v) is 11.6. The molecule has 0 saturated heterocycles. The van der Waals surface area contributed by atoms with Crippen LogP contribution in [0.1, 0.15) is 18.1 Å². The molecule has 0 spiro atoms. The van der Waals surface area contributed by atoms with Crippen LogP contribution in [0.2, 0.25) is 5.02 Å². The Hall–Kier alpha value is -0.720. The van der Waals surface area contributed by atoms with E-state index < -0.39 is 11.2 Å². The number of aromatic nitrogens is 4. The minimum absolute atomic E-state index is 0.197. The summed E-state index contributed by atoms with van der Waals surface area (Å²) in [5.74, 6) is -0.0138. The normalized spacial score (nSPS) is 12.8. The van der Waals surface area contributed by atoms with E-state index in [0.717, 1.165) is 0 Å². The van der Waals surface area contributed by atoms with Gasteiger partial charge in [-0.2, -0.15) is 4.68 Å². The Kier molecular flexibility index (Phi) is 3.65. The van der Waals surface area contributed by atoms with Crippen LogP contribution in [0.25, 0.3) is 5.69 Å². The highest BCUT2D eigenvalue weighted by molar-refractivity contribution is 9.10. The fraction of sp³-hybridized carbons (Fsp3) is 0.222. The Morgan fingerprint density at radius 2 is 2.18 bits per heavy atom. The van der Waals surface area contributed by atoms with Crippen molar-refractivity contribution in [1.29, 1.82) is 0 Å². The van der Waals surface area contributed by atoms with Crippen molar-refractivity contribution >= 4 is 39.1 Å². The molecule has 1 atom stereocenters. The van der Waals surface area contributed by atoms with E-state index in [1.54, 1.807) is 6.92 Å². The molecule has 2 rings (SSSR count). The molecule has 0 aliphatic rings. The summed E-state index contributed by atoms with van der Waals surface area (Å²) in [4.78, 5) is 0. The Bertz CT molecular complexity index is 535. The van der Waals surface area contributed by atoms with Crippen molar-refractivity contribution in [3.8, 4) is 5.69 Å². The van der Waals surface area contributed by atoms with Gasteiger partial charge in [0.1, 0.15) is 11.5 Å². The molecule has 0 aliphatic heterocycles. The molecule has 1 aromatic carbocycles. The molecule has 0 fully saturated rings. The fourth-order valence-electron chi connectivity index (χ4n) is 1.34. The lowest BCUT2D eigenvalue weighted by molar-refractivity contribution is 0.625. The number of tetrazole rings is 1. The number of benzene rings is 1. The molecule has 0 radical (unpaired) electrons. The number of hydrogen-bond donors (Lipinski definition) is 0. The maximum Gasteiger partial charge on any atom is 0.174 e. The van der Waals surface area contributed by atoms with Gasteiger partial charge in [-0.05, 0) is 45.4 Å². The van der Waals surface area contributed by atoms with Crippen LogP contribution in [0.3, 0.4) is 0 Å². The lowest BCUT2D eigenvalue weighted by atomic mass is 10.3. The fourth-order valence-corrected chi connectivity index (χ4v) is 2.47. The van der Waals surface area contributed by atoms with Crippen LogP contribution in [-0.4, -0.2) is 20.2 Å². The molecule has 1 heterocycles. The maximum absolute atomic E-state index is 13.1. The van der Waals surface area contributed by atoms with Gasteiger partial charge in [0, 0.05) is 4.47 Å². The molecule has 0 aliphatic carbocycles. The highest BCUT2D eigenvalue weighted by Crippen LogP contribution is 2.31. The Labute approximate surface area is 115 Å². The van der Waals surface area contributed by atoms with E-state index in [-0.39, 0.29) is 5.02 Å². The van der Waals surface area contributed by atoms with Crippen molar-refractivity contribution < 1.29 is 4.39 Å². The van der Waals surface area contributed by atoms with Gasteiger partial charge in [-0.15, -0.1) is 16.7 Å². The monoisotopic (exact) mass is 338 g/mol. The second-order valence-electron chi connectivity index (χ2n) is 3.28. The van der Waals surface area contributed by atoms with E-state index in [1.807, 2.05) is 0 Å². The van der Waals surface area contributed by atoms with E-state index in [1.165, 1.54) is 16.8 Å². The second kappa shape index (κ2) is 4.88. The van der Waals surface area contributed by atoms with E-state index in [9.17, 15) is 4.39 Å². The van der Waals surface area contributed by atoms with Gasteiger partial charge in [-0.1, -0.05) is 11.6 Å². The predicted molar refractivity (Wildman–Crippen MR) is 66.1 cm³/mol. The van der Waals surface area contributed by atoms with Gasteiger partial charge < -0.3 is 0 Å². The summed E-state index contributed by atoms with van der Waals surface area (Å²) in [6.07, 6.45) is 0. The smallest absolute Gasteiger partial charge is 0.174 e. The average Bonchev–Trinajstić information content (AvgIpc) is 2.64. The maximum atomic E-state index is 13.1. The molecule has 90 valence electrons. The summed E-state index contributed by atoms with van der Waals surface area (Å²) < 4.78 is 14.9. The molecule has 0 N–H and O–H groups in total. The quantitative estimate of drug-likeness (QED) is 0.786. The van der Waals surface area contributed by atoms with Gasteiger partial charge in [0.25, 0.3) is 0 Å². The first-order valence-corrected chi connectivity index (χ1v) is 6.18. The molecule has 0 bridgehead atoms. The minimum atomic E-state index is -0.445. The summed E-state index contributed by atoms with van der Waals surface area (Å²) in [5.41, 5.74) is 0.459. The first-order chi connectivity index (χ1) is 8.00. The van der Waals surface area contributed by atoms with Crippen molar-refractivity contribution in [2.45, 2.75) is 12.3 Å². The summed E-state index contributed by atoms with van der Waals surface area (Å²) >= 11 is 15.1. The molecule has 0 saturated carbocycles. The molecule has 4 nitrogen and oxygen atoms in total. The Morgan fingerprint density at radius 3 is 2.76 bits per heavy atom.